The Morgan fingerprint density at radius 3 is 2.42 bits per heavy atom. The van der Waals surface area contributed by atoms with Gasteiger partial charge in [-0.25, -0.2) is 8.42 Å². The zero-order valence-electron chi connectivity index (χ0n) is 21.4. The number of carbonyl (C=O) groups excluding carboxylic acids is 2. The Morgan fingerprint density at radius 1 is 0.972 bits per heavy atom. The number of piperazine rings is 1. The van der Waals surface area contributed by atoms with E-state index in [1.807, 2.05) is 38.1 Å². The Kier molecular flexibility index (Phi) is 8.00. The number of nitrogens with zero attached hydrogens (tertiary/aromatic N) is 3. The van der Waals surface area contributed by atoms with E-state index in [0.29, 0.717) is 39.1 Å². The minimum Gasteiger partial charge on any atom is -0.369 e. The van der Waals surface area contributed by atoms with Gasteiger partial charge in [-0.15, -0.1) is 0 Å². The van der Waals surface area contributed by atoms with Crippen LogP contribution in [0.2, 0.25) is 0 Å². The maximum Gasteiger partial charge on any atom is 0.227 e. The number of hydrogen-bond donors (Lipinski definition) is 1. The van der Waals surface area contributed by atoms with Gasteiger partial charge in [-0.3, -0.25) is 9.59 Å². The van der Waals surface area contributed by atoms with Gasteiger partial charge < -0.3 is 15.1 Å². The molecule has 0 bridgehead atoms. The number of sulfonamides is 1. The number of aryl methyl sites for hydroxylation is 3. The third-order valence-electron chi connectivity index (χ3n) is 7.18. The molecule has 4 rings (SSSR count). The van der Waals surface area contributed by atoms with Gasteiger partial charge in [0, 0.05) is 57.1 Å². The molecule has 0 aromatic heterocycles. The van der Waals surface area contributed by atoms with Gasteiger partial charge in [0.15, 0.2) is 0 Å². The summed E-state index contributed by atoms with van der Waals surface area (Å²) < 4.78 is 27.2. The van der Waals surface area contributed by atoms with E-state index in [1.165, 1.54) is 5.56 Å². The van der Waals surface area contributed by atoms with Gasteiger partial charge in [0.05, 0.1) is 11.7 Å². The third-order valence-corrected chi connectivity index (χ3v) is 9.13. The molecule has 8 nitrogen and oxygen atoms in total. The lowest BCUT2D eigenvalue weighted by atomic mass is 10.1. The topological polar surface area (TPSA) is 90.0 Å². The number of anilines is 2. The van der Waals surface area contributed by atoms with E-state index in [1.54, 1.807) is 9.21 Å². The second-order valence-corrected chi connectivity index (χ2v) is 11.9. The van der Waals surface area contributed by atoms with Crippen LogP contribution < -0.4 is 15.1 Å². The number of rotatable bonds is 8. The quantitative estimate of drug-likeness (QED) is 0.549. The number of carbonyl (C=O) groups is 2. The van der Waals surface area contributed by atoms with E-state index < -0.39 is 15.9 Å². The molecule has 2 heterocycles. The maximum absolute atomic E-state index is 12.8. The van der Waals surface area contributed by atoms with Crippen LogP contribution in [0.3, 0.4) is 0 Å². The Balaban J connectivity index is 1.21. The monoisotopic (exact) mass is 512 g/mol. The summed E-state index contributed by atoms with van der Waals surface area (Å²) in [6.07, 6.45) is 0.510. The molecule has 2 aromatic carbocycles. The van der Waals surface area contributed by atoms with E-state index in [0.717, 1.165) is 22.5 Å². The molecule has 0 radical (unpaired) electrons. The largest absolute Gasteiger partial charge is 0.369 e. The first-order chi connectivity index (χ1) is 17.1. The molecule has 194 valence electrons. The molecule has 1 unspecified atom stereocenters. The first-order valence-corrected chi connectivity index (χ1v) is 14.2. The van der Waals surface area contributed by atoms with Crippen LogP contribution in [0.25, 0.3) is 0 Å². The standard InChI is InChI=1S/C27H36N4O4S/c1-20-6-4-7-24(16-20)29-11-13-30(14-12-29)36(34,35)15-5-10-28-27(33)23-18-26(32)31(19-23)25-9-8-21(2)22(3)17-25/h4,6-9,16-17,23H,5,10-15,18-19H2,1-3H3,(H,28,33). The van der Waals surface area contributed by atoms with Crippen molar-refractivity contribution in [1.82, 2.24) is 9.62 Å². The van der Waals surface area contributed by atoms with Gasteiger partial charge in [0.1, 0.15) is 0 Å². The molecule has 2 aliphatic heterocycles. The number of nitrogens with one attached hydrogen (secondary N) is 1. The first kappa shape index (κ1) is 26.2. The second kappa shape index (κ2) is 11.0. The lowest BCUT2D eigenvalue weighted by Crippen LogP contribution is -2.49. The molecule has 2 saturated heterocycles. The summed E-state index contributed by atoms with van der Waals surface area (Å²) in [7, 11) is -3.38. The van der Waals surface area contributed by atoms with Crippen molar-refractivity contribution in [2.45, 2.75) is 33.6 Å². The Morgan fingerprint density at radius 2 is 1.72 bits per heavy atom. The normalized spacial score (nSPS) is 19.1. The van der Waals surface area contributed by atoms with Crippen LogP contribution in [0.15, 0.2) is 42.5 Å². The zero-order chi connectivity index (χ0) is 25.9. The van der Waals surface area contributed by atoms with Crippen LogP contribution in [-0.2, 0) is 19.6 Å². The highest BCUT2D eigenvalue weighted by molar-refractivity contribution is 7.89. The first-order valence-electron chi connectivity index (χ1n) is 12.6. The average molecular weight is 513 g/mol. The predicted octanol–water partition coefficient (Wildman–Crippen LogP) is 2.62. The fourth-order valence-corrected chi connectivity index (χ4v) is 6.30. The maximum atomic E-state index is 12.8. The van der Waals surface area contributed by atoms with E-state index in [-0.39, 0.29) is 30.5 Å². The Hall–Kier alpha value is -2.91. The van der Waals surface area contributed by atoms with Crippen LogP contribution in [0.4, 0.5) is 11.4 Å². The number of hydrogen-bond acceptors (Lipinski definition) is 5. The molecule has 2 amide bonds. The van der Waals surface area contributed by atoms with Crippen molar-refractivity contribution in [2.24, 2.45) is 5.92 Å². The molecule has 0 spiro atoms. The van der Waals surface area contributed by atoms with Crippen LogP contribution in [0.1, 0.15) is 29.5 Å². The van der Waals surface area contributed by atoms with Crippen LogP contribution in [0, 0.1) is 26.7 Å². The molecular weight excluding hydrogens is 476 g/mol. The van der Waals surface area contributed by atoms with Crippen molar-refractivity contribution in [3.05, 3.63) is 59.2 Å². The highest BCUT2D eigenvalue weighted by atomic mass is 32.2. The van der Waals surface area contributed by atoms with Crippen molar-refractivity contribution in [1.29, 1.82) is 0 Å². The van der Waals surface area contributed by atoms with Gasteiger partial charge in [-0.1, -0.05) is 18.2 Å². The summed E-state index contributed by atoms with van der Waals surface area (Å²) in [5.41, 5.74) is 5.38. The minimum atomic E-state index is -3.38. The lowest BCUT2D eigenvalue weighted by molar-refractivity contribution is -0.126. The van der Waals surface area contributed by atoms with Crippen LogP contribution in [-0.4, -0.2) is 69.6 Å². The molecular formula is C27H36N4O4S. The molecule has 1 N–H and O–H groups in total. The summed E-state index contributed by atoms with van der Waals surface area (Å²) >= 11 is 0. The molecule has 2 aliphatic rings. The van der Waals surface area contributed by atoms with E-state index in [4.69, 9.17) is 0 Å². The summed E-state index contributed by atoms with van der Waals surface area (Å²) in [5, 5.41) is 2.84. The molecule has 1 atom stereocenters. The average Bonchev–Trinajstić information content (AvgIpc) is 3.25. The summed E-state index contributed by atoms with van der Waals surface area (Å²) in [5.74, 6) is -0.689. The summed E-state index contributed by atoms with van der Waals surface area (Å²) in [6, 6.07) is 14.1. The molecule has 2 fully saturated rings. The smallest absolute Gasteiger partial charge is 0.227 e. The van der Waals surface area contributed by atoms with Crippen molar-refractivity contribution >= 4 is 33.2 Å². The Bertz CT molecular complexity index is 1220. The molecule has 0 aliphatic carbocycles. The van der Waals surface area contributed by atoms with E-state index in [2.05, 4.69) is 35.3 Å². The fourth-order valence-electron chi connectivity index (χ4n) is 4.81. The van der Waals surface area contributed by atoms with Crippen molar-refractivity contribution in [3.8, 4) is 0 Å². The summed E-state index contributed by atoms with van der Waals surface area (Å²) in [6.45, 7) is 8.93. The van der Waals surface area contributed by atoms with Crippen LogP contribution >= 0.6 is 0 Å². The third kappa shape index (κ3) is 6.07. The second-order valence-electron chi connectivity index (χ2n) is 9.86. The van der Waals surface area contributed by atoms with Crippen molar-refractivity contribution in [3.63, 3.8) is 0 Å². The predicted molar refractivity (Wildman–Crippen MR) is 143 cm³/mol. The fraction of sp³-hybridized carbons (Fsp3) is 0.481. The highest BCUT2D eigenvalue weighted by Gasteiger charge is 2.35. The van der Waals surface area contributed by atoms with Gasteiger partial charge in [0.25, 0.3) is 0 Å². The van der Waals surface area contributed by atoms with Crippen molar-refractivity contribution in [2.75, 3.05) is 54.8 Å². The highest BCUT2D eigenvalue weighted by Crippen LogP contribution is 2.27. The summed E-state index contributed by atoms with van der Waals surface area (Å²) in [4.78, 5) is 29.0. The van der Waals surface area contributed by atoms with Gasteiger partial charge >= 0.3 is 0 Å². The molecule has 9 heteroatoms. The molecule has 36 heavy (non-hydrogen) atoms. The minimum absolute atomic E-state index is 0.00388. The van der Waals surface area contributed by atoms with E-state index in [9.17, 15) is 18.0 Å². The zero-order valence-corrected chi connectivity index (χ0v) is 22.2. The Labute approximate surface area is 214 Å². The van der Waals surface area contributed by atoms with Crippen molar-refractivity contribution < 1.29 is 18.0 Å². The lowest BCUT2D eigenvalue weighted by Gasteiger charge is -2.35. The van der Waals surface area contributed by atoms with Crippen LogP contribution in [0.5, 0.6) is 0 Å². The SMILES string of the molecule is Cc1cccc(N2CCN(S(=O)(=O)CCCNC(=O)C3CC(=O)N(c4ccc(C)c(C)c4)C3)CC2)c1. The van der Waals surface area contributed by atoms with E-state index >= 15 is 0 Å². The molecule has 0 saturated carbocycles. The van der Waals surface area contributed by atoms with Gasteiger partial charge in [0.2, 0.25) is 21.8 Å². The number of benzene rings is 2. The van der Waals surface area contributed by atoms with Gasteiger partial charge in [-0.05, 0) is 68.1 Å². The number of amides is 2. The van der Waals surface area contributed by atoms with Gasteiger partial charge in [-0.2, -0.15) is 4.31 Å². The molecule has 2 aromatic rings.